The molecule has 0 radical (unpaired) electrons. The Labute approximate surface area is 143 Å². The quantitative estimate of drug-likeness (QED) is 0.759. The number of hydrogen-bond acceptors (Lipinski definition) is 5. The second-order valence-electron chi connectivity index (χ2n) is 6.08. The van der Waals surface area contributed by atoms with Gasteiger partial charge >= 0.3 is 0 Å². The van der Waals surface area contributed by atoms with E-state index in [-0.39, 0.29) is 5.56 Å². The van der Waals surface area contributed by atoms with Crippen molar-refractivity contribution in [2.24, 2.45) is 0 Å². The number of anilines is 2. The van der Waals surface area contributed by atoms with Crippen LogP contribution >= 0.6 is 0 Å². The summed E-state index contributed by atoms with van der Waals surface area (Å²) in [6.07, 6.45) is 2.81. The van der Waals surface area contributed by atoms with Crippen LogP contribution in [0.15, 0.2) is 36.8 Å². The van der Waals surface area contributed by atoms with Crippen molar-refractivity contribution in [1.29, 1.82) is 0 Å². The summed E-state index contributed by atoms with van der Waals surface area (Å²) in [4.78, 5) is 8.67. The van der Waals surface area contributed by atoms with Crippen LogP contribution < -0.4 is 10.6 Å². The van der Waals surface area contributed by atoms with E-state index in [4.69, 9.17) is 0 Å². The molecule has 1 aliphatic heterocycles. The van der Waals surface area contributed by atoms with Gasteiger partial charge in [0.1, 0.15) is 12.1 Å². The van der Waals surface area contributed by atoms with Gasteiger partial charge in [0.05, 0.1) is 17.6 Å². The van der Waals surface area contributed by atoms with Crippen molar-refractivity contribution < 1.29 is 8.78 Å². The predicted octanol–water partition coefficient (Wildman–Crippen LogP) is 3.43. The molecule has 3 heterocycles. The molecule has 1 saturated heterocycles. The highest BCUT2D eigenvalue weighted by atomic mass is 19.3. The Morgan fingerprint density at radius 1 is 1.12 bits per heavy atom. The molecule has 1 aromatic carbocycles. The first-order valence-corrected chi connectivity index (χ1v) is 8.26. The highest BCUT2D eigenvalue weighted by Crippen LogP contribution is 2.28. The Kier molecular flexibility index (Phi) is 4.27. The van der Waals surface area contributed by atoms with Crippen LogP contribution in [0.3, 0.4) is 0 Å². The largest absolute Gasteiger partial charge is 0.340 e. The van der Waals surface area contributed by atoms with Crippen molar-refractivity contribution in [3.05, 3.63) is 42.4 Å². The van der Waals surface area contributed by atoms with E-state index in [9.17, 15) is 8.78 Å². The minimum atomic E-state index is -2.47. The van der Waals surface area contributed by atoms with Crippen LogP contribution in [0.1, 0.15) is 30.9 Å². The predicted molar refractivity (Wildman–Crippen MR) is 91.1 cm³/mol. The van der Waals surface area contributed by atoms with Crippen molar-refractivity contribution in [3.63, 3.8) is 0 Å². The molecular weight excluding hydrogens is 326 g/mol. The van der Waals surface area contributed by atoms with E-state index >= 15 is 0 Å². The fourth-order valence-corrected chi connectivity index (χ4v) is 3.13. The first kappa shape index (κ1) is 15.9. The molecular formula is C17H18F2N6. The van der Waals surface area contributed by atoms with Crippen LogP contribution in [0, 0.1) is 0 Å². The summed E-state index contributed by atoms with van der Waals surface area (Å²) in [7, 11) is 0. The Morgan fingerprint density at radius 2 is 1.88 bits per heavy atom. The van der Waals surface area contributed by atoms with E-state index in [1.165, 1.54) is 18.5 Å². The molecule has 130 valence electrons. The Morgan fingerprint density at radius 3 is 2.60 bits per heavy atom. The van der Waals surface area contributed by atoms with Crippen LogP contribution in [0.5, 0.6) is 0 Å². The zero-order valence-electron chi connectivity index (χ0n) is 13.5. The summed E-state index contributed by atoms with van der Waals surface area (Å²) in [5.74, 6) is 0.620. The summed E-state index contributed by atoms with van der Waals surface area (Å²) in [5, 5.41) is 11.8. The number of rotatable bonds is 4. The van der Waals surface area contributed by atoms with E-state index in [2.05, 4.69) is 25.7 Å². The second-order valence-corrected chi connectivity index (χ2v) is 6.08. The third-order valence-corrected chi connectivity index (χ3v) is 4.47. The van der Waals surface area contributed by atoms with E-state index in [0.29, 0.717) is 17.5 Å². The van der Waals surface area contributed by atoms with Crippen molar-refractivity contribution >= 4 is 22.5 Å². The van der Waals surface area contributed by atoms with Gasteiger partial charge in [-0.2, -0.15) is 5.10 Å². The zero-order valence-corrected chi connectivity index (χ0v) is 13.5. The Hall–Kier alpha value is -2.61. The molecule has 25 heavy (non-hydrogen) atoms. The molecule has 0 spiro atoms. The van der Waals surface area contributed by atoms with Gasteiger partial charge in [0, 0.05) is 11.3 Å². The maximum absolute atomic E-state index is 12.7. The Bertz CT molecular complexity index is 855. The van der Waals surface area contributed by atoms with E-state index in [0.717, 1.165) is 37.0 Å². The van der Waals surface area contributed by atoms with E-state index in [1.807, 2.05) is 4.68 Å². The summed E-state index contributed by atoms with van der Waals surface area (Å²) in [6, 6.07) is 6.37. The van der Waals surface area contributed by atoms with Crippen molar-refractivity contribution in [2.45, 2.75) is 25.3 Å². The van der Waals surface area contributed by atoms with Gasteiger partial charge in [-0.1, -0.05) is 12.1 Å². The molecule has 0 unspecified atom stereocenters. The molecule has 3 aromatic rings. The van der Waals surface area contributed by atoms with E-state index in [1.54, 1.807) is 18.3 Å². The molecule has 0 saturated carbocycles. The number of nitrogens with one attached hydrogen (secondary N) is 2. The molecule has 1 fully saturated rings. The van der Waals surface area contributed by atoms with Gasteiger partial charge in [0.25, 0.3) is 6.43 Å². The van der Waals surface area contributed by atoms with Gasteiger partial charge in [-0.3, -0.25) is 0 Å². The number of aromatic nitrogens is 4. The fraction of sp³-hybridized carbons (Fsp3) is 0.353. The lowest BCUT2D eigenvalue weighted by atomic mass is 10.1. The van der Waals surface area contributed by atoms with Gasteiger partial charge in [-0.05, 0) is 38.1 Å². The van der Waals surface area contributed by atoms with Crippen molar-refractivity contribution in [1.82, 2.24) is 25.1 Å². The molecule has 2 N–H and O–H groups in total. The number of nitrogens with zero attached hydrogens (tertiary/aromatic N) is 4. The molecule has 0 amide bonds. The average molecular weight is 344 g/mol. The maximum atomic E-state index is 12.7. The summed E-state index contributed by atoms with van der Waals surface area (Å²) < 4.78 is 27.3. The number of piperidine rings is 1. The monoisotopic (exact) mass is 344 g/mol. The normalized spacial score (nSPS) is 15.8. The van der Waals surface area contributed by atoms with Crippen LogP contribution in [-0.4, -0.2) is 32.8 Å². The minimum Gasteiger partial charge on any atom is -0.340 e. The van der Waals surface area contributed by atoms with Crippen molar-refractivity contribution in [2.75, 3.05) is 18.4 Å². The summed E-state index contributed by atoms with van der Waals surface area (Å²) >= 11 is 0. The lowest BCUT2D eigenvalue weighted by Gasteiger charge is -2.23. The van der Waals surface area contributed by atoms with Crippen LogP contribution in [0.25, 0.3) is 11.0 Å². The van der Waals surface area contributed by atoms with Gasteiger partial charge in [-0.25, -0.2) is 23.4 Å². The van der Waals surface area contributed by atoms with Gasteiger partial charge in [-0.15, -0.1) is 0 Å². The minimum absolute atomic E-state index is 0.00267. The highest BCUT2D eigenvalue weighted by Gasteiger charge is 2.19. The molecule has 4 rings (SSSR count). The molecule has 0 atom stereocenters. The summed E-state index contributed by atoms with van der Waals surface area (Å²) in [6.45, 7) is 1.94. The first-order chi connectivity index (χ1) is 12.2. The van der Waals surface area contributed by atoms with Crippen molar-refractivity contribution in [3.8, 4) is 0 Å². The van der Waals surface area contributed by atoms with Gasteiger partial charge in [0.15, 0.2) is 5.65 Å². The van der Waals surface area contributed by atoms with Crippen LogP contribution in [0.4, 0.5) is 20.3 Å². The van der Waals surface area contributed by atoms with Gasteiger partial charge < -0.3 is 10.6 Å². The smallest absolute Gasteiger partial charge is 0.263 e. The van der Waals surface area contributed by atoms with E-state index < -0.39 is 6.43 Å². The fourth-order valence-electron chi connectivity index (χ4n) is 3.13. The van der Waals surface area contributed by atoms with Gasteiger partial charge in [0.2, 0.25) is 0 Å². The highest BCUT2D eigenvalue weighted by molar-refractivity contribution is 5.88. The molecule has 1 aliphatic rings. The number of alkyl halides is 2. The molecule has 6 nitrogen and oxygen atoms in total. The lowest BCUT2D eigenvalue weighted by Crippen LogP contribution is -2.29. The number of halogens is 2. The lowest BCUT2D eigenvalue weighted by molar-refractivity contribution is 0.151. The van der Waals surface area contributed by atoms with Crippen LogP contribution in [0.2, 0.25) is 0 Å². The molecule has 2 aromatic heterocycles. The number of benzene rings is 1. The third-order valence-electron chi connectivity index (χ3n) is 4.47. The second kappa shape index (κ2) is 6.72. The molecule has 8 heteroatoms. The summed E-state index contributed by atoms with van der Waals surface area (Å²) in [5.41, 5.74) is 1.48. The third kappa shape index (κ3) is 3.17. The molecule has 0 bridgehead atoms. The number of fused-ring (bicyclic) bond motifs is 1. The first-order valence-electron chi connectivity index (χ1n) is 8.26. The zero-order chi connectivity index (χ0) is 17.2. The molecule has 0 aliphatic carbocycles. The number of hydrogen-bond donors (Lipinski definition) is 2. The Balaban J connectivity index is 1.62. The topological polar surface area (TPSA) is 67.7 Å². The average Bonchev–Trinajstić information content (AvgIpc) is 3.08. The SMILES string of the molecule is FC(F)c1ccc(Nc2ncnc3c2cnn3C2CCNCC2)cc1. The van der Waals surface area contributed by atoms with Crippen LogP contribution in [-0.2, 0) is 0 Å². The standard InChI is InChI=1S/C17H18F2N6/c18-15(19)11-1-3-12(4-2-11)24-16-14-9-23-25(17(14)22-10-21-16)13-5-7-20-8-6-13/h1-4,9-10,13,15,20H,5-8H2,(H,21,22,24). The maximum Gasteiger partial charge on any atom is 0.263 e.